The van der Waals surface area contributed by atoms with E-state index in [1.54, 1.807) is 0 Å². The summed E-state index contributed by atoms with van der Waals surface area (Å²) < 4.78 is 2.42. The van der Waals surface area contributed by atoms with Gasteiger partial charge in [0.05, 0.1) is 16.7 Å². The summed E-state index contributed by atoms with van der Waals surface area (Å²) in [5.41, 5.74) is 8.26. The van der Waals surface area contributed by atoms with Crippen LogP contribution in [-0.2, 0) is 0 Å². The van der Waals surface area contributed by atoms with Gasteiger partial charge in [-0.3, -0.25) is 0 Å². The molecule has 1 aromatic heterocycles. The Labute approximate surface area is 214 Å². The molecule has 1 heterocycles. The van der Waals surface area contributed by atoms with Crippen LogP contribution in [0.25, 0.3) is 60.5 Å². The SMILES string of the molecule is Clc1cccc(-c2cccc(-c3c(-n4c5ccccc5c5ccccc54)ccc4ccccc34)c2)c1. The molecule has 170 valence electrons. The molecule has 0 aliphatic heterocycles. The fourth-order valence-corrected chi connectivity index (χ4v) is 5.64. The summed E-state index contributed by atoms with van der Waals surface area (Å²) in [5.74, 6) is 0. The summed E-state index contributed by atoms with van der Waals surface area (Å²) in [7, 11) is 0. The zero-order valence-electron chi connectivity index (χ0n) is 19.5. The van der Waals surface area contributed by atoms with Gasteiger partial charge in [0.1, 0.15) is 0 Å². The third kappa shape index (κ3) is 3.32. The maximum Gasteiger partial charge on any atom is 0.0547 e. The van der Waals surface area contributed by atoms with Gasteiger partial charge in [0.2, 0.25) is 0 Å². The van der Waals surface area contributed by atoms with Gasteiger partial charge in [-0.25, -0.2) is 0 Å². The second kappa shape index (κ2) is 8.41. The van der Waals surface area contributed by atoms with Crippen LogP contribution < -0.4 is 0 Å². The summed E-state index contributed by atoms with van der Waals surface area (Å²) in [4.78, 5) is 0. The van der Waals surface area contributed by atoms with Crippen molar-refractivity contribution in [2.45, 2.75) is 0 Å². The predicted molar refractivity (Wildman–Crippen MR) is 154 cm³/mol. The van der Waals surface area contributed by atoms with E-state index in [9.17, 15) is 0 Å². The third-order valence-electron chi connectivity index (χ3n) is 7.04. The first-order chi connectivity index (χ1) is 17.8. The van der Waals surface area contributed by atoms with Crippen molar-refractivity contribution in [3.8, 4) is 27.9 Å². The minimum absolute atomic E-state index is 0.744. The Morgan fingerprint density at radius 3 is 1.75 bits per heavy atom. The lowest BCUT2D eigenvalue weighted by Gasteiger charge is -2.17. The molecule has 0 saturated heterocycles. The van der Waals surface area contributed by atoms with E-state index in [-0.39, 0.29) is 0 Å². The lowest BCUT2D eigenvalue weighted by atomic mass is 9.93. The molecule has 0 radical (unpaired) electrons. The van der Waals surface area contributed by atoms with Crippen LogP contribution in [-0.4, -0.2) is 4.57 Å². The first kappa shape index (κ1) is 21.0. The van der Waals surface area contributed by atoms with Gasteiger partial charge < -0.3 is 4.57 Å². The third-order valence-corrected chi connectivity index (χ3v) is 7.27. The number of halogens is 1. The Bertz CT molecular complexity index is 1860. The zero-order chi connectivity index (χ0) is 24.1. The number of hydrogen-bond donors (Lipinski definition) is 0. The van der Waals surface area contributed by atoms with Gasteiger partial charge >= 0.3 is 0 Å². The minimum Gasteiger partial charge on any atom is -0.309 e. The molecule has 0 atom stereocenters. The first-order valence-electron chi connectivity index (χ1n) is 12.1. The van der Waals surface area contributed by atoms with E-state index in [0.29, 0.717) is 0 Å². The van der Waals surface area contributed by atoms with E-state index in [1.165, 1.54) is 49.4 Å². The molecular weight excluding hydrogens is 458 g/mol. The van der Waals surface area contributed by atoms with Crippen molar-refractivity contribution < 1.29 is 0 Å². The minimum atomic E-state index is 0.744. The quantitative estimate of drug-likeness (QED) is 0.237. The van der Waals surface area contributed by atoms with Gasteiger partial charge in [0, 0.05) is 21.4 Å². The van der Waals surface area contributed by atoms with Crippen molar-refractivity contribution in [3.63, 3.8) is 0 Å². The largest absolute Gasteiger partial charge is 0.309 e. The maximum atomic E-state index is 6.33. The van der Waals surface area contributed by atoms with E-state index in [4.69, 9.17) is 11.6 Å². The molecule has 0 aliphatic rings. The smallest absolute Gasteiger partial charge is 0.0547 e. The van der Waals surface area contributed by atoms with Crippen molar-refractivity contribution in [1.82, 2.24) is 4.57 Å². The fraction of sp³-hybridized carbons (Fsp3) is 0. The van der Waals surface area contributed by atoms with Crippen LogP contribution in [0.3, 0.4) is 0 Å². The molecule has 0 fully saturated rings. The van der Waals surface area contributed by atoms with Crippen LogP contribution in [0.15, 0.2) is 133 Å². The van der Waals surface area contributed by atoms with Gasteiger partial charge in [-0.1, -0.05) is 109 Å². The van der Waals surface area contributed by atoms with Crippen LogP contribution in [0.4, 0.5) is 0 Å². The molecule has 0 N–H and O–H groups in total. The second-order valence-corrected chi connectivity index (χ2v) is 9.58. The molecule has 0 unspecified atom stereocenters. The molecule has 0 amide bonds. The Kier molecular flexibility index (Phi) is 4.90. The Morgan fingerprint density at radius 1 is 0.444 bits per heavy atom. The fourth-order valence-electron chi connectivity index (χ4n) is 5.45. The van der Waals surface area contributed by atoms with Crippen LogP contribution in [0.2, 0.25) is 5.02 Å². The van der Waals surface area contributed by atoms with E-state index in [2.05, 4.69) is 120 Å². The van der Waals surface area contributed by atoms with E-state index in [0.717, 1.165) is 16.1 Å². The number of aromatic nitrogens is 1. The number of para-hydroxylation sites is 2. The highest BCUT2D eigenvalue weighted by Gasteiger charge is 2.17. The van der Waals surface area contributed by atoms with E-state index >= 15 is 0 Å². The summed E-state index contributed by atoms with van der Waals surface area (Å²) >= 11 is 6.33. The molecule has 1 nitrogen and oxygen atoms in total. The topological polar surface area (TPSA) is 4.93 Å². The maximum absolute atomic E-state index is 6.33. The number of hydrogen-bond acceptors (Lipinski definition) is 0. The lowest BCUT2D eigenvalue weighted by Crippen LogP contribution is -1.98. The molecule has 0 saturated carbocycles. The Balaban J connectivity index is 1.58. The van der Waals surface area contributed by atoms with Gasteiger partial charge in [0.15, 0.2) is 0 Å². The van der Waals surface area contributed by atoms with Crippen LogP contribution in [0.1, 0.15) is 0 Å². The number of benzene rings is 6. The van der Waals surface area contributed by atoms with Gasteiger partial charge in [0.25, 0.3) is 0 Å². The van der Waals surface area contributed by atoms with E-state index < -0.39 is 0 Å². The molecule has 2 heteroatoms. The van der Waals surface area contributed by atoms with Crippen LogP contribution in [0.5, 0.6) is 0 Å². The van der Waals surface area contributed by atoms with Crippen LogP contribution in [0, 0.1) is 0 Å². The van der Waals surface area contributed by atoms with Crippen molar-refractivity contribution in [3.05, 3.63) is 138 Å². The molecule has 0 aliphatic carbocycles. The standard InChI is InChI=1S/C34H22ClN/c35-27-13-8-11-25(22-27)24-10-7-12-26(21-24)34-28-14-2-1-9-23(28)19-20-33(34)36-31-17-5-3-15-29(31)30-16-4-6-18-32(30)36/h1-22H. The predicted octanol–water partition coefficient (Wildman–Crippen LogP) is 9.92. The average molecular weight is 480 g/mol. The molecular formula is C34H22ClN. The van der Waals surface area contributed by atoms with Gasteiger partial charge in [-0.15, -0.1) is 0 Å². The van der Waals surface area contributed by atoms with Crippen molar-refractivity contribution in [1.29, 1.82) is 0 Å². The normalized spacial score (nSPS) is 11.5. The van der Waals surface area contributed by atoms with Crippen molar-refractivity contribution in [2.75, 3.05) is 0 Å². The highest BCUT2D eigenvalue weighted by atomic mass is 35.5. The first-order valence-corrected chi connectivity index (χ1v) is 12.5. The number of rotatable bonds is 3. The molecule has 7 aromatic rings. The molecule has 6 aromatic carbocycles. The van der Waals surface area contributed by atoms with Crippen molar-refractivity contribution >= 4 is 44.2 Å². The molecule has 36 heavy (non-hydrogen) atoms. The van der Waals surface area contributed by atoms with Gasteiger partial charge in [-0.2, -0.15) is 0 Å². The summed E-state index contributed by atoms with van der Waals surface area (Å²) in [5, 5.41) is 5.74. The lowest BCUT2D eigenvalue weighted by molar-refractivity contribution is 1.19. The molecule has 7 rings (SSSR count). The molecule has 0 spiro atoms. The summed E-state index contributed by atoms with van der Waals surface area (Å²) in [6.45, 7) is 0. The Morgan fingerprint density at radius 2 is 1.03 bits per heavy atom. The highest BCUT2D eigenvalue weighted by molar-refractivity contribution is 6.30. The number of nitrogens with zero attached hydrogens (tertiary/aromatic N) is 1. The Hall–Kier alpha value is -4.33. The molecule has 0 bridgehead atoms. The summed E-state index contributed by atoms with van der Waals surface area (Å²) in [6, 6.07) is 47.4. The second-order valence-electron chi connectivity index (χ2n) is 9.14. The summed E-state index contributed by atoms with van der Waals surface area (Å²) in [6.07, 6.45) is 0. The monoisotopic (exact) mass is 479 g/mol. The van der Waals surface area contributed by atoms with Gasteiger partial charge in [-0.05, 0) is 63.9 Å². The number of fused-ring (bicyclic) bond motifs is 4. The van der Waals surface area contributed by atoms with E-state index in [1.807, 2.05) is 18.2 Å². The average Bonchev–Trinajstić information content (AvgIpc) is 3.27. The zero-order valence-corrected chi connectivity index (χ0v) is 20.3. The van der Waals surface area contributed by atoms with Crippen molar-refractivity contribution in [2.24, 2.45) is 0 Å². The highest BCUT2D eigenvalue weighted by Crippen LogP contribution is 2.40. The van der Waals surface area contributed by atoms with Crippen LogP contribution >= 0.6 is 11.6 Å².